The molecular formula is C34H34N8O4S3. The molecule has 2 aromatic heterocycles. The molecule has 2 saturated heterocycles. The number of carbonyl (C=O) groups is 4. The number of piperidine rings is 2. The van der Waals surface area contributed by atoms with E-state index in [0.717, 1.165) is 32.6 Å². The van der Waals surface area contributed by atoms with E-state index in [4.69, 9.17) is 0 Å². The maximum atomic E-state index is 14.7. The Labute approximate surface area is 294 Å². The summed E-state index contributed by atoms with van der Waals surface area (Å²) in [5, 5.41) is 31.2. The highest BCUT2D eigenvalue weighted by Gasteiger charge is 2.80. The maximum Gasteiger partial charge on any atom is 0.248 e. The zero-order chi connectivity index (χ0) is 33.6. The van der Waals surface area contributed by atoms with Crippen LogP contribution in [-0.4, -0.2) is 67.6 Å². The quantitative estimate of drug-likeness (QED) is 0.248. The number of thioether (sulfide) groups is 1. The van der Waals surface area contributed by atoms with Gasteiger partial charge in [-0.3, -0.25) is 29.8 Å². The van der Waals surface area contributed by atoms with Crippen molar-refractivity contribution in [3.63, 3.8) is 0 Å². The van der Waals surface area contributed by atoms with Gasteiger partial charge in [-0.1, -0.05) is 83.3 Å². The fourth-order valence-electron chi connectivity index (χ4n) is 8.46. The fraction of sp³-hybridized carbons (Fsp3) is 0.412. The van der Waals surface area contributed by atoms with Crippen molar-refractivity contribution in [2.45, 2.75) is 50.6 Å². The molecule has 2 aromatic carbocycles. The Hall–Kier alpha value is -4.21. The van der Waals surface area contributed by atoms with E-state index in [0.29, 0.717) is 48.8 Å². The molecule has 4 unspecified atom stereocenters. The second-order valence-electron chi connectivity index (χ2n) is 13.1. The van der Waals surface area contributed by atoms with Crippen LogP contribution in [0.25, 0.3) is 0 Å². The summed E-state index contributed by atoms with van der Waals surface area (Å²) in [6.07, 6.45) is 2.67. The first-order valence-corrected chi connectivity index (χ1v) is 19.2. The molecule has 12 nitrogen and oxygen atoms in total. The SMILES string of the molecule is O=C1Nc2nnc(s2)CCSCCc2nnc(s2)NC(=O)[C@@H]2CC3C4C[C@@H]1NC(=O)C4(Cc1ccccc1)C3(Cc1ccccc1)C(=O)N2. The molecule has 3 fully saturated rings. The van der Waals surface area contributed by atoms with Gasteiger partial charge in [0.05, 0.1) is 10.8 Å². The lowest BCUT2D eigenvalue weighted by Crippen LogP contribution is -2.83. The molecule has 8 bridgehead atoms. The van der Waals surface area contributed by atoms with E-state index < -0.39 is 22.9 Å². The largest absolute Gasteiger partial charge is 0.344 e. The lowest BCUT2D eigenvalue weighted by atomic mass is 9.31. The molecule has 4 aliphatic rings. The van der Waals surface area contributed by atoms with Crippen molar-refractivity contribution < 1.29 is 19.2 Å². The summed E-state index contributed by atoms with van der Waals surface area (Å²) < 4.78 is 0. The molecule has 252 valence electrons. The summed E-state index contributed by atoms with van der Waals surface area (Å²) in [6.45, 7) is 0. The van der Waals surface area contributed by atoms with E-state index in [-0.39, 0.29) is 35.5 Å². The summed E-state index contributed by atoms with van der Waals surface area (Å²) in [7, 11) is 0. The average Bonchev–Trinajstić information content (AvgIpc) is 3.75. The monoisotopic (exact) mass is 714 g/mol. The lowest BCUT2D eigenvalue weighted by molar-refractivity contribution is -0.233. The van der Waals surface area contributed by atoms with Crippen LogP contribution >= 0.6 is 34.4 Å². The molecule has 6 atom stereocenters. The van der Waals surface area contributed by atoms with Crippen molar-refractivity contribution in [2.75, 3.05) is 22.1 Å². The van der Waals surface area contributed by atoms with E-state index in [2.05, 4.69) is 41.7 Å². The van der Waals surface area contributed by atoms with Gasteiger partial charge in [0, 0.05) is 12.8 Å². The maximum absolute atomic E-state index is 14.7. The zero-order valence-corrected chi connectivity index (χ0v) is 28.8. The second-order valence-corrected chi connectivity index (χ2v) is 16.4. The summed E-state index contributed by atoms with van der Waals surface area (Å²) in [5.41, 5.74) is -0.469. The second kappa shape index (κ2) is 12.9. The minimum Gasteiger partial charge on any atom is -0.344 e. The molecule has 4 N–H and O–H groups in total. The van der Waals surface area contributed by atoms with Gasteiger partial charge >= 0.3 is 0 Å². The number of amides is 4. The lowest BCUT2D eigenvalue weighted by Gasteiger charge is -2.71. The van der Waals surface area contributed by atoms with Gasteiger partial charge in [0.15, 0.2) is 0 Å². The van der Waals surface area contributed by atoms with Gasteiger partial charge in [-0.15, -0.1) is 20.4 Å². The van der Waals surface area contributed by atoms with E-state index in [1.165, 1.54) is 22.7 Å². The number of nitrogens with zero attached hydrogens (tertiary/aromatic N) is 4. The molecule has 1 aliphatic carbocycles. The van der Waals surface area contributed by atoms with E-state index >= 15 is 0 Å². The average molecular weight is 715 g/mol. The van der Waals surface area contributed by atoms with Crippen LogP contribution < -0.4 is 21.3 Å². The Morgan fingerprint density at radius 1 is 0.612 bits per heavy atom. The molecule has 1 saturated carbocycles. The Morgan fingerprint density at radius 2 is 1.04 bits per heavy atom. The summed E-state index contributed by atoms with van der Waals surface area (Å²) in [5.74, 6) is -0.457. The number of hydrogen-bond donors (Lipinski definition) is 4. The molecule has 0 spiro atoms. The number of aryl methyl sites for hydroxylation is 2. The molecule has 3 aliphatic heterocycles. The molecule has 49 heavy (non-hydrogen) atoms. The number of rotatable bonds is 4. The van der Waals surface area contributed by atoms with Crippen LogP contribution in [0.4, 0.5) is 10.3 Å². The third-order valence-corrected chi connectivity index (χ3v) is 13.3. The molecule has 15 heteroatoms. The third-order valence-electron chi connectivity index (χ3n) is 10.5. The van der Waals surface area contributed by atoms with Crippen molar-refractivity contribution in [1.29, 1.82) is 0 Å². The number of nitrogens with one attached hydrogen (secondary N) is 4. The van der Waals surface area contributed by atoms with Gasteiger partial charge in [0.1, 0.15) is 22.1 Å². The summed E-state index contributed by atoms with van der Waals surface area (Å²) in [6, 6.07) is 17.7. The van der Waals surface area contributed by atoms with Gasteiger partial charge in [-0.2, -0.15) is 11.8 Å². The Bertz CT molecular complexity index is 1770. The van der Waals surface area contributed by atoms with Crippen LogP contribution in [0.1, 0.15) is 34.0 Å². The number of aromatic nitrogens is 4. The summed E-state index contributed by atoms with van der Waals surface area (Å²) in [4.78, 5) is 56.9. The third kappa shape index (κ3) is 5.61. The highest BCUT2D eigenvalue weighted by molar-refractivity contribution is 7.99. The van der Waals surface area contributed by atoms with Crippen molar-refractivity contribution >= 4 is 68.3 Å². The highest BCUT2D eigenvalue weighted by Crippen LogP contribution is 2.72. The molecular weight excluding hydrogens is 681 g/mol. The van der Waals surface area contributed by atoms with Crippen LogP contribution in [0, 0.1) is 22.7 Å². The predicted octanol–water partition coefficient (Wildman–Crippen LogP) is 3.28. The number of carbonyl (C=O) groups excluding carboxylic acids is 4. The highest BCUT2D eigenvalue weighted by atomic mass is 32.2. The van der Waals surface area contributed by atoms with Gasteiger partial charge in [0.2, 0.25) is 33.9 Å². The zero-order valence-electron chi connectivity index (χ0n) is 26.4. The molecule has 8 rings (SSSR count). The normalized spacial score (nSPS) is 29.8. The molecule has 0 radical (unpaired) electrons. The number of anilines is 2. The van der Waals surface area contributed by atoms with Crippen LogP contribution in [0.15, 0.2) is 60.7 Å². The van der Waals surface area contributed by atoms with Gasteiger partial charge < -0.3 is 10.6 Å². The van der Waals surface area contributed by atoms with Crippen molar-refractivity contribution in [3.05, 3.63) is 81.8 Å². The fourth-order valence-corrected chi connectivity index (χ4v) is 11.1. The minimum atomic E-state index is -1.16. The Kier molecular flexibility index (Phi) is 8.44. The molecule has 5 heterocycles. The molecule has 4 amide bonds. The van der Waals surface area contributed by atoms with E-state index in [1.807, 2.05) is 60.7 Å². The minimum absolute atomic E-state index is 0.315. The van der Waals surface area contributed by atoms with Crippen LogP contribution in [0.2, 0.25) is 0 Å². The smallest absolute Gasteiger partial charge is 0.248 e. The van der Waals surface area contributed by atoms with Gasteiger partial charge in [-0.05, 0) is 60.2 Å². The number of fused-ring (bicyclic) bond motifs is 7. The first-order chi connectivity index (χ1) is 23.9. The van der Waals surface area contributed by atoms with Crippen LogP contribution in [-0.2, 0) is 44.9 Å². The van der Waals surface area contributed by atoms with Crippen molar-refractivity contribution in [2.24, 2.45) is 22.7 Å². The topological polar surface area (TPSA) is 168 Å². The summed E-state index contributed by atoms with van der Waals surface area (Å²) >= 11 is 4.41. The first kappa shape index (κ1) is 32.0. The Morgan fingerprint density at radius 3 is 1.47 bits per heavy atom. The number of hydrogen-bond acceptors (Lipinski definition) is 11. The Balaban J connectivity index is 1.20. The predicted molar refractivity (Wildman–Crippen MR) is 187 cm³/mol. The van der Waals surface area contributed by atoms with Gasteiger partial charge in [-0.25, -0.2) is 0 Å². The van der Waals surface area contributed by atoms with Crippen molar-refractivity contribution in [1.82, 2.24) is 31.0 Å². The van der Waals surface area contributed by atoms with Crippen LogP contribution in [0.5, 0.6) is 0 Å². The first-order valence-electron chi connectivity index (χ1n) is 16.4. The van der Waals surface area contributed by atoms with Crippen molar-refractivity contribution in [3.8, 4) is 0 Å². The van der Waals surface area contributed by atoms with E-state index in [1.54, 1.807) is 11.8 Å². The van der Waals surface area contributed by atoms with Crippen LogP contribution in [0.3, 0.4) is 0 Å². The standard InChI is InChI=1S/C34H34N8O4S3/c43-27-23-15-21-22-16-24(28(44)38-32-42-40-26(49-32)12-14-47-13-11-25-39-41-31(37-27)48-25)36-30(46)34(22,18-20-9-5-2-6-10-20)33(21,29(45)35-23)17-19-7-3-1-4-8-19/h1-10,21-24H,11-18H2,(H,35,45)(H,36,46)(H,37,41,43)(H,38,42,44)/t21?,22?,23-,24-,33?,34?/m0/s1. The number of benzene rings is 2. The van der Waals surface area contributed by atoms with E-state index in [9.17, 15) is 19.2 Å². The van der Waals surface area contributed by atoms with Gasteiger partial charge in [0.25, 0.3) is 0 Å². The molecule has 4 aromatic rings.